The molecule has 6 heteroatoms. The standard InChI is InChI=1S/C25H19N3O3/c29-23-19(11-17-9-15-5-1-3-7-21(15)27-24(17)30)13-26-14-20(23)12-18-10-16-6-2-4-8-22(16)28-25(18)31/h1-12,26H,13-14H2,(H,27,30)(H,28,31)/b19-11+,20-12+. The van der Waals surface area contributed by atoms with Gasteiger partial charge >= 0.3 is 0 Å². The van der Waals surface area contributed by atoms with Gasteiger partial charge in [0.05, 0.1) is 0 Å². The maximum absolute atomic E-state index is 13.1. The number of pyridine rings is 2. The van der Waals surface area contributed by atoms with E-state index in [1.807, 2.05) is 48.5 Å². The number of hydrogen-bond acceptors (Lipinski definition) is 4. The highest BCUT2D eigenvalue weighted by Crippen LogP contribution is 2.18. The number of carbonyl (C=O) groups is 1. The van der Waals surface area contributed by atoms with Gasteiger partial charge in [-0.3, -0.25) is 14.4 Å². The van der Waals surface area contributed by atoms with Crippen LogP contribution < -0.4 is 16.4 Å². The second kappa shape index (κ2) is 7.66. The summed E-state index contributed by atoms with van der Waals surface area (Å²) in [5.74, 6) is -0.168. The molecule has 0 bridgehead atoms. The molecule has 0 radical (unpaired) electrons. The number of hydrogen-bond donors (Lipinski definition) is 3. The Balaban J connectivity index is 1.53. The van der Waals surface area contributed by atoms with Gasteiger partial charge in [-0.1, -0.05) is 36.4 Å². The first-order valence-corrected chi connectivity index (χ1v) is 9.99. The average Bonchev–Trinajstić information content (AvgIpc) is 2.77. The molecule has 0 amide bonds. The van der Waals surface area contributed by atoms with E-state index in [9.17, 15) is 14.4 Å². The molecule has 0 spiro atoms. The molecule has 0 aliphatic carbocycles. The highest BCUT2D eigenvalue weighted by Gasteiger charge is 2.21. The first kappa shape index (κ1) is 19.0. The Labute approximate surface area is 176 Å². The molecule has 1 aliphatic rings. The lowest BCUT2D eigenvalue weighted by atomic mass is 9.95. The SMILES string of the molecule is O=C1/C(=C/c2cc3ccccc3[nH]c2=O)CNC/C1=C\c1cc2ccccc2[nH]c1=O. The normalized spacial score (nSPS) is 17.1. The van der Waals surface area contributed by atoms with Gasteiger partial charge in [0.1, 0.15) is 0 Å². The zero-order valence-electron chi connectivity index (χ0n) is 16.6. The fourth-order valence-electron chi connectivity index (χ4n) is 3.85. The van der Waals surface area contributed by atoms with Crippen LogP contribution in [-0.2, 0) is 4.79 Å². The van der Waals surface area contributed by atoms with E-state index in [2.05, 4.69) is 15.3 Å². The van der Waals surface area contributed by atoms with Gasteiger partial charge in [0.25, 0.3) is 11.1 Å². The summed E-state index contributed by atoms with van der Waals surface area (Å²) in [4.78, 5) is 43.7. The summed E-state index contributed by atoms with van der Waals surface area (Å²) in [6, 6.07) is 18.6. The van der Waals surface area contributed by atoms with Crippen molar-refractivity contribution in [3.05, 3.63) is 104 Å². The summed E-state index contributed by atoms with van der Waals surface area (Å²) in [5, 5.41) is 4.97. The number of aromatic amines is 2. The zero-order valence-corrected chi connectivity index (χ0v) is 16.6. The molecule has 4 aromatic rings. The van der Waals surface area contributed by atoms with Crippen LogP contribution in [-0.4, -0.2) is 28.8 Å². The van der Waals surface area contributed by atoms with E-state index < -0.39 is 0 Å². The summed E-state index contributed by atoms with van der Waals surface area (Å²) in [6.45, 7) is 0.715. The van der Waals surface area contributed by atoms with Crippen LogP contribution in [0.15, 0.2) is 81.4 Å². The van der Waals surface area contributed by atoms with E-state index in [0.717, 1.165) is 21.8 Å². The number of ketones is 1. The zero-order chi connectivity index (χ0) is 21.4. The molecule has 6 nitrogen and oxygen atoms in total. The summed E-state index contributed by atoms with van der Waals surface area (Å²) >= 11 is 0. The number of Topliss-reactive ketones (excluding diaryl/α,β-unsaturated/α-hetero) is 1. The van der Waals surface area contributed by atoms with Gasteiger partial charge in [0.2, 0.25) is 0 Å². The van der Waals surface area contributed by atoms with Crippen LogP contribution in [0.3, 0.4) is 0 Å². The van der Waals surface area contributed by atoms with Gasteiger partial charge in [0, 0.05) is 46.4 Å². The third kappa shape index (κ3) is 3.65. The number of piperidine rings is 1. The maximum Gasteiger partial charge on any atom is 0.255 e. The number of H-pyrrole nitrogens is 2. The van der Waals surface area contributed by atoms with Crippen LogP contribution >= 0.6 is 0 Å². The number of fused-ring (bicyclic) bond motifs is 2. The van der Waals surface area contributed by atoms with Gasteiger partial charge in [0.15, 0.2) is 5.78 Å². The predicted octanol–water partition coefficient (Wildman–Crippen LogP) is 3.01. The summed E-state index contributed by atoms with van der Waals surface area (Å²) in [7, 11) is 0. The molecular weight excluding hydrogens is 390 g/mol. The van der Waals surface area contributed by atoms with E-state index in [1.54, 1.807) is 24.3 Å². The highest BCUT2D eigenvalue weighted by molar-refractivity contribution is 6.14. The third-order valence-corrected chi connectivity index (χ3v) is 5.44. The van der Waals surface area contributed by atoms with E-state index in [4.69, 9.17) is 0 Å². The van der Waals surface area contributed by atoms with Crippen LogP contribution in [0.4, 0.5) is 0 Å². The van der Waals surface area contributed by atoms with Crippen molar-refractivity contribution in [3.63, 3.8) is 0 Å². The molecule has 1 saturated heterocycles. The van der Waals surface area contributed by atoms with Crippen molar-refractivity contribution in [2.75, 3.05) is 13.1 Å². The van der Waals surface area contributed by atoms with Crippen LogP contribution in [0.5, 0.6) is 0 Å². The molecule has 3 N–H and O–H groups in total. The summed E-state index contributed by atoms with van der Waals surface area (Å²) < 4.78 is 0. The van der Waals surface area contributed by atoms with E-state index in [0.29, 0.717) is 35.4 Å². The quantitative estimate of drug-likeness (QED) is 0.444. The van der Waals surface area contributed by atoms with Gasteiger partial charge in [-0.2, -0.15) is 0 Å². The lowest BCUT2D eigenvalue weighted by Gasteiger charge is -2.18. The molecule has 3 heterocycles. The molecule has 2 aromatic carbocycles. The maximum atomic E-state index is 13.1. The molecule has 0 atom stereocenters. The molecule has 152 valence electrons. The van der Waals surface area contributed by atoms with Crippen molar-refractivity contribution in [1.82, 2.24) is 15.3 Å². The Kier molecular flexibility index (Phi) is 4.69. The molecule has 0 unspecified atom stereocenters. The number of nitrogens with one attached hydrogen (secondary N) is 3. The van der Waals surface area contributed by atoms with Gasteiger partial charge in [-0.25, -0.2) is 0 Å². The largest absolute Gasteiger partial charge is 0.321 e. The number of aromatic nitrogens is 2. The third-order valence-electron chi connectivity index (χ3n) is 5.44. The van der Waals surface area contributed by atoms with Gasteiger partial charge < -0.3 is 15.3 Å². The number of carbonyl (C=O) groups excluding carboxylic acids is 1. The van der Waals surface area contributed by atoms with Crippen molar-refractivity contribution in [3.8, 4) is 0 Å². The highest BCUT2D eigenvalue weighted by atomic mass is 16.1. The summed E-state index contributed by atoms with van der Waals surface area (Å²) in [5.41, 5.74) is 2.81. The molecule has 0 saturated carbocycles. The van der Waals surface area contributed by atoms with Gasteiger partial charge in [-0.05, 0) is 47.2 Å². The molecule has 5 rings (SSSR count). The van der Waals surface area contributed by atoms with E-state index in [-0.39, 0.29) is 16.9 Å². The second-order valence-corrected chi connectivity index (χ2v) is 7.55. The first-order chi connectivity index (χ1) is 15.1. The Morgan fingerprint density at radius 1 is 0.645 bits per heavy atom. The topological polar surface area (TPSA) is 94.8 Å². The van der Waals surface area contributed by atoms with Crippen molar-refractivity contribution >= 4 is 39.7 Å². The smallest absolute Gasteiger partial charge is 0.255 e. The van der Waals surface area contributed by atoms with Gasteiger partial charge in [-0.15, -0.1) is 0 Å². The molecule has 1 fully saturated rings. The number of para-hydroxylation sites is 2. The van der Waals surface area contributed by atoms with Crippen LogP contribution in [0, 0.1) is 0 Å². The van der Waals surface area contributed by atoms with E-state index in [1.165, 1.54) is 0 Å². The molecular formula is C25H19N3O3. The minimum absolute atomic E-state index is 0.168. The minimum atomic E-state index is -0.249. The lowest BCUT2D eigenvalue weighted by molar-refractivity contribution is -0.112. The lowest BCUT2D eigenvalue weighted by Crippen LogP contribution is -2.33. The Morgan fingerprint density at radius 3 is 1.58 bits per heavy atom. The van der Waals surface area contributed by atoms with Crippen LogP contribution in [0.25, 0.3) is 34.0 Å². The average molecular weight is 409 g/mol. The number of rotatable bonds is 2. The van der Waals surface area contributed by atoms with Crippen molar-refractivity contribution < 1.29 is 4.79 Å². The molecule has 1 aliphatic heterocycles. The minimum Gasteiger partial charge on any atom is -0.321 e. The number of benzene rings is 2. The van der Waals surface area contributed by atoms with Crippen molar-refractivity contribution in [2.45, 2.75) is 0 Å². The predicted molar refractivity (Wildman–Crippen MR) is 123 cm³/mol. The summed E-state index contributed by atoms with van der Waals surface area (Å²) in [6.07, 6.45) is 3.25. The van der Waals surface area contributed by atoms with Crippen molar-refractivity contribution in [2.24, 2.45) is 0 Å². The Hall–Kier alpha value is -4.03. The van der Waals surface area contributed by atoms with Crippen LogP contribution in [0.1, 0.15) is 11.1 Å². The monoisotopic (exact) mass is 409 g/mol. The van der Waals surface area contributed by atoms with Crippen LogP contribution in [0.2, 0.25) is 0 Å². The molecule has 31 heavy (non-hydrogen) atoms. The Bertz CT molecular complexity index is 1410. The fraction of sp³-hybridized carbons (Fsp3) is 0.0800. The Morgan fingerprint density at radius 2 is 1.10 bits per heavy atom. The fourth-order valence-corrected chi connectivity index (χ4v) is 3.85. The molecule has 2 aromatic heterocycles. The van der Waals surface area contributed by atoms with E-state index >= 15 is 0 Å². The second-order valence-electron chi connectivity index (χ2n) is 7.55. The van der Waals surface area contributed by atoms with Crippen molar-refractivity contribution in [1.29, 1.82) is 0 Å². The first-order valence-electron chi connectivity index (χ1n) is 9.99.